The van der Waals surface area contributed by atoms with Crippen LogP contribution >= 0.6 is 22.7 Å². The van der Waals surface area contributed by atoms with Crippen LogP contribution in [0.4, 0.5) is 0 Å². The van der Waals surface area contributed by atoms with Crippen LogP contribution in [0.2, 0.25) is 0 Å². The summed E-state index contributed by atoms with van der Waals surface area (Å²) in [6.45, 7) is 0.623. The van der Waals surface area contributed by atoms with Gasteiger partial charge in [0.15, 0.2) is 0 Å². The summed E-state index contributed by atoms with van der Waals surface area (Å²) >= 11 is 3.18. The SMILES string of the molecule is O=C(Cc1ccsc1)NCc1cc(C#CCCO)cs1. The smallest absolute Gasteiger partial charge is 0.224 e. The van der Waals surface area contributed by atoms with Crippen molar-refractivity contribution in [2.24, 2.45) is 0 Å². The van der Waals surface area contributed by atoms with Gasteiger partial charge in [-0.05, 0) is 28.5 Å². The highest BCUT2D eigenvalue weighted by atomic mass is 32.1. The van der Waals surface area contributed by atoms with E-state index in [1.165, 1.54) is 0 Å². The van der Waals surface area contributed by atoms with Gasteiger partial charge in [0, 0.05) is 22.2 Å². The number of rotatable bonds is 5. The summed E-state index contributed by atoms with van der Waals surface area (Å²) in [7, 11) is 0. The quantitative estimate of drug-likeness (QED) is 0.833. The standard InChI is InChI=1S/C15H15NO2S2/c17-5-2-1-3-12-7-14(20-11-12)9-16-15(18)8-13-4-6-19-10-13/h4,6-7,10-11,17H,2,5,8-9H2,(H,16,18). The number of carbonyl (C=O) groups is 1. The predicted octanol–water partition coefficient (Wildman–Crippen LogP) is 2.40. The average Bonchev–Trinajstić information content (AvgIpc) is 3.08. The maximum Gasteiger partial charge on any atom is 0.224 e. The van der Waals surface area contributed by atoms with Gasteiger partial charge in [-0.1, -0.05) is 11.8 Å². The third-order valence-corrected chi connectivity index (χ3v) is 4.20. The molecule has 0 aliphatic heterocycles. The third-order valence-electron chi connectivity index (χ3n) is 2.53. The topological polar surface area (TPSA) is 49.3 Å². The zero-order valence-electron chi connectivity index (χ0n) is 10.9. The molecule has 0 saturated carbocycles. The minimum atomic E-state index is 0.0321. The van der Waals surface area contributed by atoms with E-state index in [0.29, 0.717) is 19.4 Å². The number of hydrogen-bond acceptors (Lipinski definition) is 4. The van der Waals surface area contributed by atoms with Gasteiger partial charge in [-0.25, -0.2) is 0 Å². The molecule has 104 valence electrons. The van der Waals surface area contributed by atoms with Crippen molar-refractivity contribution in [3.05, 3.63) is 44.3 Å². The Morgan fingerprint density at radius 3 is 3.05 bits per heavy atom. The van der Waals surface area contributed by atoms with Crippen molar-refractivity contribution < 1.29 is 9.90 Å². The molecule has 2 aromatic rings. The first-order valence-corrected chi connectivity index (χ1v) is 8.05. The Morgan fingerprint density at radius 1 is 1.40 bits per heavy atom. The van der Waals surface area contributed by atoms with Gasteiger partial charge in [0.2, 0.25) is 5.91 Å². The fourth-order valence-electron chi connectivity index (χ4n) is 1.59. The van der Waals surface area contributed by atoms with E-state index in [4.69, 9.17) is 5.11 Å². The first kappa shape index (κ1) is 14.8. The molecule has 2 aromatic heterocycles. The Labute approximate surface area is 126 Å². The molecule has 2 N–H and O–H groups in total. The van der Waals surface area contributed by atoms with Crippen LogP contribution in [-0.4, -0.2) is 17.6 Å². The number of aliphatic hydroxyl groups excluding tert-OH is 1. The van der Waals surface area contributed by atoms with E-state index in [1.807, 2.05) is 28.3 Å². The monoisotopic (exact) mass is 305 g/mol. The predicted molar refractivity (Wildman–Crippen MR) is 82.8 cm³/mol. The zero-order valence-corrected chi connectivity index (χ0v) is 12.5. The summed E-state index contributed by atoms with van der Waals surface area (Å²) in [5.41, 5.74) is 1.99. The number of nitrogens with one attached hydrogen (secondary N) is 1. The normalized spacial score (nSPS) is 9.85. The second-order valence-electron chi connectivity index (χ2n) is 4.16. The van der Waals surface area contributed by atoms with Crippen molar-refractivity contribution in [3.63, 3.8) is 0 Å². The number of hydrogen-bond donors (Lipinski definition) is 2. The summed E-state index contributed by atoms with van der Waals surface area (Å²) in [6.07, 6.45) is 0.917. The Morgan fingerprint density at radius 2 is 2.30 bits per heavy atom. The van der Waals surface area contributed by atoms with Gasteiger partial charge in [-0.3, -0.25) is 4.79 Å². The summed E-state index contributed by atoms with van der Waals surface area (Å²) in [5.74, 6) is 5.89. The van der Waals surface area contributed by atoms with Crippen molar-refractivity contribution in [2.75, 3.05) is 6.61 Å². The van der Waals surface area contributed by atoms with E-state index in [-0.39, 0.29) is 12.5 Å². The first-order valence-electron chi connectivity index (χ1n) is 6.23. The van der Waals surface area contributed by atoms with Crippen LogP contribution in [-0.2, 0) is 17.8 Å². The molecule has 0 aliphatic carbocycles. The molecule has 0 aromatic carbocycles. The molecule has 0 saturated heterocycles. The van der Waals surface area contributed by atoms with Crippen molar-refractivity contribution >= 4 is 28.6 Å². The van der Waals surface area contributed by atoms with Crippen LogP contribution in [0.5, 0.6) is 0 Å². The molecule has 2 rings (SSSR count). The van der Waals surface area contributed by atoms with Crippen LogP contribution in [0, 0.1) is 11.8 Å². The summed E-state index contributed by atoms with van der Waals surface area (Å²) in [6, 6.07) is 3.93. The maximum absolute atomic E-state index is 11.7. The lowest BCUT2D eigenvalue weighted by atomic mass is 10.2. The van der Waals surface area contributed by atoms with Gasteiger partial charge in [0.25, 0.3) is 0 Å². The molecule has 0 aliphatic rings. The molecule has 2 heterocycles. The lowest BCUT2D eigenvalue weighted by Crippen LogP contribution is -2.23. The number of amides is 1. The minimum absolute atomic E-state index is 0.0321. The fourth-order valence-corrected chi connectivity index (χ4v) is 3.01. The van der Waals surface area contributed by atoms with Crippen LogP contribution in [0.25, 0.3) is 0 Å². The third kappa shape index (κ3) is 4.82. The Balaban J connectivity index is 1.79. The van der Waals surface area contributed by atoms with E-state index >= 15 is 0 Å². The fraction of sp³-hybridized carbons (Fsp3) is 0.267. The van der Waals surface area contributed by atoms with Crippen molar-refractivity contribution in [2.45, 2.75) is 19.4 Å². The zero-order chi connectivity index (χ0) is 14.2. The van der Waals surface area contributed by atoms with Crippen molar-refractivity contribution in [1.29, 1.82) is 0 Å². The summed E-state index contributed by atoms with van der Waals surface area (Å²) < 4.78 is 0. The highest BCUT2D eigenvalue weighted by Crippen LogP contribution is 2.13. The molecule has 0 unspecified atom stereocenters. The molecule has 3 nitrogen and oxygen atoms in total. The van der Waals surface area contributed by atoms with Gasteiger partial charge in [-0.2, -0.15) is 11.3 Å². The molecule has 0 bridgehead atoms. The van der Waals surface area contributed by atoms with E-state index < -0.39 is 0 Å². The van der Waals surface area contributed by atoms with Gasteiger partial charge < -0.3 is 10.4 Å². The number of aliphatic hydroxyl groups is 1. The van der Waals surface area contributed by atoms with Crippen LogP contribution in [0.3, 0.4) is 0 Å². The molecular formula is C15H15NO2S2. The number of thiophene rings is 2. The Hall–Kier alpha value is -1.61. The Kier molecular flexibility index (Phi) is 5.81. The average molecular weight is 305 g/mol. The van der Waals surface area contributed by atoms with Crippen molar-refractivity contribution in [1.82, 2.24) is 5.32 Å². The van der Waals surface area contributed by atoms with E-state index in [2.05, 4.69) is 17.2 Å². The molecule has 0 fully saturated rings. The molecule has 5 heteroatoms. The van der Waals surface area contributed by atoms with Gasteiger partial charge >= 0.3 is 0 Å². The lowest BCUT2D eigenvalue weighted by Gasteiger charge is -2.01. The molecule has 20 heavy (non-hydrogen) atoms. The Bertz CT molecular complexity index is 605. The summed E-state index contributed by atoms with van der Waals surface area (Å²) in [5, 5.41) is 17.5. The maximum atomic E-state index is 11.7. The highest BCUT2D eigenvalue weighted by molar-refractivity contribution is 7.10. The first-order chi connectivity index (χ1) is 9.78. The minimum Gasteiger partial charge on any atom is -0.395 e. The highest BCUT2D eigenvalue weighted by Gasteiger charge is 2.04. The van der Waals surface area contributed by atoms with Crippen LogP contribution < -0.4 is 5.32 Å². The molecule has 0 spiro atoms. The lowest BCUT2D eigenvalue weighted by molar-refractivity contribution is -0.120. The van der Waals surface area contributed by atoms with Crippen molar-refractivity contribution in [3.8, 4) is 11.8 Å². The molecule has 1 amide bonds. The summed E-state index contributed by atoms with van der Waals surface area (Å²) in [4.78, 5) is 12.8. The van der Waals surface area contributed by atoms with E-state index in [0.717, 1.165) is 16.0 Å². The molecule has 0 radical (unpaired) electrons. The van der Waals surface area contributed by atoms with Gasteiger partial charge in [0.1, 0.15) is 0 Å². The van der Waals surface area contributed by atoms with Gasteiger partial charge in [0.05, 0.1) is 19.6 Å². The second kappa shape index (κ2) is 7.85. The van der Waals surface area contributed by atoms with Gasteiger partial charge in [-0.15, -0.1) is 11.3 Å². The second-order valence-corrected chi connectivity index (χ2v) is 5.94. The number of carbonyl (C=O) groups excluding carboxylic acids is 1. The van der Waals surface area contributed by atoms with E-state index in [1.54, 1.807) is 22.7 Å². The largest absolute Gasteiger partial charge is 0.395 e. The molecule has 0 atom stereocenters. The van der Waals surface area contributed by atoms with Crippen LogP contribution in [0.15, 0.2) is 28.3 Å². The van der Waals surface area contributed by atoms with E-state index in [9.17, 15) is 4.79 Å². The molecular weight excluding hydrogens is 290 g/mol. The van der Waals surface area contributed by atoms with Crippen LogP contribution in [0.1, 0.15) is 22.4 Å².